The van der Waals surface area contributed by atoms with Gasteiger partial charge in [-0.15, -0.1) is 11.8 Å². The largest absolute Gasteiger partial charge is 0.508 e. The number of carboxylic acid groups (broad SMARTS) is 1. The van der Waals surface area contributed by atoms with Crippen LogP contribution in [-0.2, 0) is 120 Å². The topological polar surface area (TPSA) is 709 Å². The first-order valence-corrected chi connectivity index (χ1v) is 45.2. The molecule has 0 bridgehead atoms. The molecule has 1 aromatic heterocycles. The van der Waals surface area contributed by atoms with Gasteiger partial charge in [0.2, 0.25) is 94.5 Å². The molecule has 0 aliphatic carbocycles. The standard InChI is InChI=1S/C91H121N21O23S/c1-7-50(6)78-90(135)111-65(34-49(4)5)84(129)106-66(35-51-10-20-57(113)21-11-51)80(125)99-43-74(119)101-63(30-31-77(122)123)82(127)105-64(33-48(2)3)79(124)98-44-75(120)103-72(81(126)97-42-73(92)118)45-136-46-76(121)102-67(36-52-12-22-58(114)23-13-52)85(130)110-71(40-56-41-95-47-100-56)89(134)109-70(39-55-18-28-61(117)29-19-55)88(133)108-69(38-54-16-26-60(116)27-17-54)87(132)107-68(37-53-14-24-59(115)25-15-53)86(131)104-62(83(128)112-78)9-8-32-96-91(93)94/h10-29,41,47-50,62-72,78,113-117H,7-9,30-40,42-46H2,1-6H3,(H2,92,118)(H,95,100)(H,97,126)(H,98,124)(H,99,125)(H,101,119)(H,102,121)(H,103,120)(H,104,131)(H,105,127)(H,106,129)(H,107,132)(H,108,133)(H,109,134)(H,110,130)(H,111,135)(H,112,128)(H,122,123)(H4,93,94,96)/t50-,62-,63-,64-,65-,66-,67-,68-,69-,70-,71-,72-,78-/m0/s1. The number of nitrogens with one attached hydrogen (secondary N) is 18. The van der Waals surface area contributed by atoms with Gasteiger partial charge in [-0.3, -0.25) is 86.9 Å². The van der Waals surface area contributed by atoms with Gasteiger partial charge >= 0.3 is 5.97 Å². The maximum Gasteiger partial charge on any atom is 0.303 e. The van der Waals surface area contributed by atoms with Crippen molar-refractivity contribution >= 4 is 118 Å². The number of aromatic nitrogens is 2. The lowest BCUT2D eigenvalue weighted by atomic mass is 9.95. The van der Waals surface area contributed by atoms with Crippen LogP contribution in [0.2, 0.25) is 0 Å². The summed E-state index contributed by atoms with van der Waals surface area (Å²) in [6.45, 7) is 7.46. The molecule has 1 fully saturated rings. The molecule has 0 unspecified atom stereocenters. The minimum Gasteiger partial charge on any atom is -0.508 e. The minimum absolute atomic E-state index is 0.00574. The molecular formula is C91H121N21O23S. The van der Waals surface area contributed by atoms with Crippen molar-refractivity contribution in [2.75, 3.05) is 37.7 Å². The van der Waals surface area contributed by atoms with Gasteiger partial charge in [0.05, 0.1) is 37.4 Å². The third kappa shape index (κ3) is 37.9. The number of thioether (sulfide) groups is 1. The van der Waals surface area contributed by atoms with Gasteiger partial charge in [0.15, 0.2) is 5.96 Å². The van der Waals surface area contributed by atoms with Crippen molar-refractivity contribution in [3.05, 3.63) is 167 Å². The SMILES string of the molecule is CC[C@H](C)[C@@H]1NC(=O)[C@H](CCCNC(=N)N)NC(=O)[C@H](Cc2ccc(O)cc2)NC(=O)[C@H](Cc2ccc(O)cc2)NC(=O)[C@H](Cc2ccc(O)cc2)NC(=O)[C@H](Cc2c[nH]cn2)NC(=O)[C@H](Cc2ccc(O)cc2)NC(=O)CSC[C@@H](C(=O)NCC(N)=O)NC(=O)CNC(=O)[C@H](CC(C)C)NC(=O)[C@H](CCC(=O)O)NC(=O)CNC(=O)[C@H](Cc2ccc(O)cc2)NC(=O)[C@H](CC(C)C)NC1=O. The fourth-order valence-corrected chi connectivity index (χ4v) is 15.0. The van der Waals surface area contributed by atoms with Crippen LogP contribution in [-0.4, -0.2) is 257 Å². The first-order valence-electron chi connectivity index (χ1n) is 44.0. The van der Waals surface area contributed by atoms with E-state index in [1.165, 1.54) is 134 Å². The number of nitrogens with zero attached hydrogens (tertiary/aromatic N) is 1. The normalized spacial score (nSPS) is 21.9. The van der Waals surface area contributed by atoms with E-state index in [4.69, 9.17) is 16.9 Å². The zero-order valence-corrected chi connectivity index (χ0v) is 76.7. The Balaban J connectivity index is 1.33. The summed E-state index contributed by atoms with van der Waals surface area (Å²) in [5.41, 5.74) is 12.8. The number of phenolic OH excluding ortho intramolecular Hbond substituents is 5. The number of carbonyl (C=O) groups is 17. The Morgan fingerprint density at radius 3 is 1.15 bits per heavy atom. The molecular weight excluding hydrogens is 1790 g/mol. The van der Waals surface area contributed by atoms with Gasteiger partial charge in [-0.2, -0.15) is 0 Å². The number of carboxylic acids is 1. The number of amides is 16. The van der Waals surface area contributed by atoms with E-state index < -0.39 is 255 Å². The molecule has 45 heteroatoms. The number of carbonyl (C=O) groups excluding carboxylic acids is 16. The number of nitrogens with two attached hydrogens (primary N) is 2. The summed E-state index contributed by atoms with van der Waals surface area (Å²) >= 11 is 0.721. The second-order valence-electron chi connectivity index (χ2n) is 33.6. The lowest BCUT2D eigenvalue weighted by molar-refractivity contribution is -0.138. The summed E-state index contributed by atoms with van der Waals surface area (Å²) in [6, 6.07) is 7.67. The molecule has 2 heterocycles. The van der Waals surface area contributed by atoms with Crippen LogP contribution in [0.25, 0.3) is 0 Å². The van der Waals surface area contributed by atoms with E-state index in [1.807, 2.05) is 0 Å². The van der Waals surface area contributed by atoms with Crippen molar-refractivity contribution in [3.63, 3.8) is 0 Å². The van der Waals surface area contributed by atoms with Gasteiger partial charge in [0, 0.05) is 63.4 Å². The summed E-state index contributed by atoms with van der Waals surface area (Å²) < 4.78 is 0. The van der Waals surface area contributed by atoms with E-state index in [0.29, 0.717) is 27.8 Å². The van der Waals surface area contributed by atoms with Crippen LogP contribution in [0.3, 0.4) is 0 Å². The summed E-state index contributed by atoms with van der Waals surface area (Å²) in [7, 11) is 0. The van der Waals surface area contributed by atoms with Crippen LogP contribution in [0.5, 0.6) is 28.7 Å². The lowest BCUT2D eigenvalue weighted by Crippen LogP contribution is -2.62. The summed E-state index contributed by atoms with van der Waals surface area (Å²) in [6.07, 6.45) is -1.26. The maximum atomic E-state index is 15.5. The Labute approximate surface area is 787 Å². The minimum atomic E-state index is -1.74. The number of hydrogen-bond donors (Lipinski definition) is 26. The summed E-state index contributed by atoms with van der Waals surface area (Å²) in [5, 5.41) is 111. The quantitative estimate of drug-likeness (QED) is 0.0136. The Morgan fingerprint density at radius 2 is 0.765 bits per heavy atom. The van der Waals surface area contributed by atoms with Gasteiger partial charge in [-0.05, 0) is 138 Å². The highest BCUT2D eigenvalue weighted by atomic mass is 32.2. The molecule has 13 atom stereocenters. The number of guanidine groups is 1. The predicted molar refractivity (Wildman–Crippen MR) is 494 cm³/mol. The molecule has 1 saturated heterocycles. The van der Waals surface area contributed by atoms with Crippen molar-refractivity contribution in [3.8, 4) is 28.7 Å². The number of aliphatic carboxylic acids is 1. The van der Waals surface area contributed by atoms with Crippen LogP contribution in [0.1, 0.15) is 120 Å². The number of hydrogen-bond acceptors (Lipinski definition) is 25. The van der Waals surface area contributed by atoms with E-state index in [0.717, 1.165) is 11.8 Å². The first-order chi connectivity index (χ1) is 64.6. The molecule has 734 valence electrons. The Kier molecular flexibility index (Phi) is 43.0. The van der Waals surface area contributed by atoms with E-state index in [9.17, 15) is 78.6 Å². The van der Waals surface area contributed by atoms with Gasteiger partial charge in [-0.25, -0.2) is 4.98 Å². The molecule has 1 aliphatic heterocycles. The Bertz CT molecular complexity index is 5110. The second kappa shape index (κ2) is 54.2. The molecule has 0 radical (unpaired) electrons. The lowest BCUT2D eigenvalue weighted by Gasteiger charge is -2.30. The molecule has 44 nitrogen and oxygen atoms in total. The number of primary amides is 1. The molecule has 0 spiro atoms. The monoisotopic (exact) mass is 1910 g/mol. The number of phenols is 5. The molecule has 0 saturated carbocycles. The fourth-order valence-electron chi connectivity index (χ4n) is 14.1. The summed E-state index contributed by atoms with van der Waals surface area (Å²) in [5.74, 6) is -21.7. The number of benzene rings is 5. The predicted octanol–water partition coefficient (Wildman–Crippen LogP) is -2.64. The van der Waals surface area contributed by atoms with Crippen LogP contribution in [0.4, 0.5) is 0 Å². The van der Waals surface area contributed by atoms with Crippen LogP contribution < -0.4 is 96.5 Å². The van der Waals surface area contributed by atoms with Crippen LogP contribution >= 0.6 is 11.8 Å². The molecule has 6 aromatic rings. The number of imidazole rings is 1. The van der Waals surface area contributed by atoms with Crippen molar-refractivity contribution in [1.82, 2.24) is 95.0 Å². The third-order valence-electron chi connectivity index (χ3n) is 21.5. The van der Waals surface area contributed by atoms with Crippen LogP contribution in [0, 0.1) is 23.2 Å². The van der Waals surface area contributed by atoms with Crippen molar-refractivity contribution < 1.29 is 112 Å². The van der Waals surface area contributed by atoms with E-state index in [1.54, 1.807) is 41.5 Å². The smallest absolute Gasteiger partial charge is 0.303 e. The molecule has 28 N–H and O–H groups in total. The summed E-state index contributed by atoms with van der Waals surface area (Å²) in [4.78, 5) is 252. The maximum absolute atomic E-state index is 15.5. The third-order valence-corrected chi connectivity index (χ3v) is 22.5. The van der Waals surface area contributed by atoms with Gasteiger partial charge in [0.25, 0.3) is 0 Å². The Hall–Kier alpha value is -15.1. The number of rotatable bonds is 28. The zero-order chi connectivity index (χ0) is 99.8. The average molecular weight is 1910 g/mol. The highest BCUT2D eigenvalue weighted by molar-refractivity contribution is 8.00. The van der Waals surface area contributed by atoms with E-state index >= 15 is 33.6 Å². The van der Waals surface area contributed by atoms with Crippen molar-refractivity contribution in [2.45, 2.75) is 198 Å². The highest BCUT2D eigenvalue weighted by Gasteiger charge is 2.39. The molecule has 1 aliphatic rings. The first kappa shape index (κ1) is 108. The number of aromatic hydroxyl groups is 5. The number of aromatic amines is 1. The van der Waals surface area contributed by atoms with Crippen LogP contribution in [0.15, 0.2) is 134 Å². The molecule has 16 amide bonds. The van der Waals surface area contributed by atoms with Gasteiger partial charge < -0.3 is 132 Å². The molecule has 136 heavy (non-hydrogen) atoms. The molecule has 5 aromatic carbocycles. The van der Waals surface area contributed by atoms with Gasteiger partial charge in [0.1, 0.15) is 101 Å². The highest BCUT2D eigenvalue weighted by Crippen LogP contribution is 2.22. The van der Waals surface area contributed by atoms with Gasteiger partial charge in [-0.1, -0.05) is 109 Å². The Morgan fingerprint density at radius 1 is 0.426 bits per heavy atom. The molecule has 7 rings (SSSR count). The van der Waals surface area contributed by atoms with Crippen molar-refractivity contribution in [1.29, 1.82) is 5.41 Å². The fraction of sp³-hybridized carbons (Fsp3) is 0.440. The zero-order valence-electron chi connectivity index (χ0n) is 75.9. The van der Waals surface area contributed by atoms with E-state index in [2.05, 4.69) is 95.0 Å². The van der Waals surface area contributed by atoms with Crippen molar-refractivity contribution in [2.24, 2.45) is 29.2 Å². The second-order valence-corrected chi connectivity index (χ2v) is 34.7. The number of H-pyrrole nitrogens is 1. The average Bonchev–Trinajstić information content (AvgIpc) is 0.971. The van der Waals surface area contributed by atoms with E-state index in [-0.39, 0.29) is 97.8 Å².